The third-order valence-electron chi connectivity index (χ3n) is 5.15. The van der Waals surface area contributed by atoms with Crippen molar-refractivity contribution in [1.29, 1.82) is 0 Å². The van der Waals surface area contributed by atoms with Gasteiger partial charge in [-0.1, -0.05) is 48.5 Å². The van der Waals surface area contributed by atoms with Gasteiger partial charge in [-0.05, 0) is 65.3 Å². The number of nitrogens with one attached hydrogen (secondary N) is 2. The summed E-state index contributed by atoms with van der Waals surface area (Å²) in [5, 5.41) is 8.33. The topological polar surface area (TPSA) is 50.4 Å². The first-order valence-electron chi connectivity index (χ1n) is 9.89. The van der Waals surface area contributed by atoms with Gasteiger partial charge in [0.1, 0.15) is 5.75 Å². The molecule has 0 bridgehead atoms. The van der Waals surface area contributed by atoms with Crippen molar-refractivity contribution in [1.82, 2.24) is 10.6 Å². The summed E-state index contributed by atoms with van der Waals surface area (Å²) >= 11 is 0. The molecular formula is C24H26N2O2. The van der Waals surface area contributed by atoms with Crippen molar-refractivity contribution in [3.05, 3.63) is 77.4 Å². The molecule has 1 fully saturated rings. The van der Waals surface area contributed by atoms with Gasteiger partial charge < -0.3 is 15.4 Å². The highest BCUT2D eigenvalue weighted by atomic mass is 16.5. The Hall–Kier alpha value is -3.01. The molecule has 2 amide bonds. The molecule has 2 N–H and O–H groups in total. The van der Waals surface area contributed by atoms with Crippen molar-refractivity contribution in [2.45, 2.75) is 31.7 Å². The molecular weight excluding hydrogens is 348 g/mol. The van der Waals surface area contributed by atoms with E-state index in [9.17, 15) is 4.79 Å². The van der Waals surface area contributed by atoms with E-state index in [0.29, 0.717) is 12.6 Å². The number of urea groups is 1. The number of rotatable bonds is 7. The summed E-state index contributed by atoms with van der Waals surface area (Å²) in [5.41, 5.74) is 3.80. The molecule has 4 rings (SSSR count). The van der Waals surface area contributed by atoms with E-state index in [0.717, 1.165) is 31.4 Å². The number of amides is 2. The lowest BCUT2D eigenvalue weighted by Gasteiger charge is -2.13. The van der Waals surface area contributed by atoms with Gasteiger partial charge in [-0.15, -0.1) is 0 Å². The van der Waals surface area contributed by atoms with Crippen molar-refractivity contribution >= 4 is 16.8 Å². The van der Waals surface area contributed by atoms with Crippen LogP contribution >= 0.6 is 0 Å². The average Bonchev–Trinajstić information content (AvgIpc) is 3.52. The maximum atomic E-state index is 11.9. The van der Waals surface area contributed by atoms with E-state index in [1.54, 1.807) is 7.11 Å². The van der Waals surface area contributed by atoms with Crippen LogP contribution < -0.4 is 15.4 Å². The van der Waals surface area contributed by atoms with Gasteiger partial charge in [-0.2, -0.15) is 0 Å². The van der Waals surface area contributed by atoms with Gasteiger partial charge >= 0.3 is 6.03 Å². The zero-order valence-corrected chi connectivity index (χ0v) is 16.2. The highest BCUT2D eigenvalue weighted by Gasteiger charge is 2.22. The molecule has 1 aliphatic rings. The molecule has 144 valence electrons. The largest absolute Gasteiger partial charge is 0.497 e. The first-order chi connectivity index (χ1) is 13.7. The summed E-state index contributed by atoms with van der Waals surface area (Å²) in [7, 11) is 1.69. The van der Waals surface area contributed by atoms with Crippen LogP contribution in [0.25, 0.3) is 10.8 Å². The molecule has 28 heavy (non-hydrogen) atoms. The Bertz CT molecular complexity index is 965. The number of hydrogen-bond donors (Lipinski definition) is 2. The lowest BCUT2D eigenvalue weighted by molar-refractivity contribution is 0.240. The van der Waals surface area contributed by atoms with Gasteiger partial charge in [0.05, 0.1) is 7.11 Å². The first-order valence-corrected chi connectivity index (χ1v) is 9.89. The predicted octanol–water partition coefficient (Wildman–Crippen LogP) is 4.44. The summed E-state index contributed by atoms with van der Waals surface area (Å²) in [6.45, 7) is 0.611. The van der Waals surface area contributed by atoms with Crippen LogP contribution in [0, 0.1) is 0 Å². The van der Waals surface area contributed by atoms with Gasteiger partial charge in [-0.3, -0.25) is 0 Å². The zero-order chi connectivity index (χ0) is 19.3. The summed E-state index contributed by atoms with van der Waals surface area (Å²) in [5.74, 6) is 0.851. The van der Waals surface area contributed by atoms with Gasteiger partial charge in [-0.25, -0.2) is 4.79 Å². The number of carbonyl (C=O) groups is 1. The third kappa shape index (κ3) is 4.63. The number of fused-ring (bicyclic) bond motifs is 1. The van der Waals surface area contributed by atoms with E-state index in [1.165, 1.54) is 27.5 Å². The molecule has 3 aromatic carbocycles. The summed E-state index contributed by atoms with van der Waals surface area (Å²) < 4.78 is 5.42. The SMILES string of the molecule is COc1ccc2cc(Cc3ccccc3)cc(CCNC(=O)NC3CC3)c2c1. The van der Waals surface area contributed by atoms with Gasteiger partial charge in [0.2, 0.25) is 0 Å². The Morgan fingerprint density at radius 2 is 1.86 bits per heavy atom. The lowest BCUT2D eigenvalue weighted by Crippen LogP contribution is -2.37. The molecule has 1 saturated carbocycles. The molecule has 4 heteroatoms. The second-order valence-electron chi connectivity index (χ2n) is 7.43. The smallest absolute Gasteiger partial charge is 0.315 e. The molecule has 0 aromatic heterocycles. The molecule has 0 heterocycles. The second-order valence-corrected chi connectivity index (χ2v) is 7.43. The number of hydrogen-bond acceptors (Lipinski definition) is 2. The molecule has 0 atom stereocenters. The Balaban J connectivity index is 1.56. The minimum atomic E-state index is -0.0650. The van der Waals surface area contributed by atoms with Gasteiger partial charge in [0.15, 0.2) is 0 Å². The zero-order valence-electron chi connectivity index (χ0n) is 16.2. The Morgan fingerprint density at radius 1 is 1.04 bits per heavy atom. The van der Waals surface area contributed by atoms with Crippen LogP contribution in [0.5, 0.6) is 5.75 Å². The van der Waals surface area contributed by atoms with Crippen molar-refractivity contribution < 1.29 is 9.53 Å². The first kappa shape index (κ1) is 18.4. The fraction of sp³-hybridized carbons (Fsp3) is 0.292. The van der Waals surface area contributed by atoms with E-state index >= 15 is 0 Å². The normalized spacial score (nSPS) is 13.3. The van der Waals surface area contributed by atoms with Crippen molar-refractivity contribution in [3.8, 4) is 5.75 Å². The highest BCUT2D eigenvalue weighted by molar-refractivity contribution is 5.88. The number of ether oxygens (including phenoxy) is 1. The molecule has 0 saturated heterocycles. The molecule has 0 unspecified atom stereocenters. The predicted molar refractivity (Wildman–Crippen MR) is 113 cm³/mol. The Labute approximate surface area is 165 Å². The Morgan fingerprint density at radius 3 is 2.61 bits per heavy atom. The van der Waals surface area contributed by atoms with E-state index in [1.807, 2.05) is 12.1 Å². The van der Waals surface area contributed by atoms with Crippen LogP contribution in [0.3, 0.4) is 0 Å². The second kappa shape index (κ2) is 8.34. The quantitative estimate of drug-likeness (QED) is 0.642. The average molecular weight is 374 g/mol. The molecule has 4 nitrogen and oxygen atoms in total. The van der Waals surface area contributed by atoms with E-state index in [-0.39, 0.29) is 6.03 Å². The minimum absolute atomic E-state index is 0.0650. The third-order valence-corrected chi connectivity index (χ3v) is 5.15. The fourth-order valence-corrected chi connectivity index (χ4v) is 3.52. The summed E-state index contributed by atoms with van der Waals surface area (Å²) in [6.07, 6.45) is 3.87. The minimum Gasteiger partial charge on any atom is -0.497 e. The van der Waals surface area contributed by atoms with E-state index < -0.39 is 0 Å². The summed E-state index contributed by atoms with van der Waals surface area (Å²) in [6, 6.07) is 21.5. The van der Waals surface area contributed by atoms with Crippen molar-refractivity contribution in [2.24, 2.45) is 0 Å². The number of carbonyl (C=O) groups excluding carboxylic acids is 1. The standard InChI is InChI=1S/C24H26N2O2/c1-28-22-10-7-19-14-18(13-17-5-3-2-4-6-17)15-20(23(19)16-22)11-12-25-24(27)26-21-8-9-21/h2-7,10,14-16,21H,8-9,11-13H2,1H3,(H2,25,26,27). The Kier molecular flexibility index (Phi) is 5.47. The van der Waals surface area contributed by atoms with Crippen LogP contribution in [-0.2, 0) is 12.8 Å². The van der Waals surface area contributed by atoms with E-state index in [4.69, 9.17) is 4.74 Å². The summed E-state index contributed by atoms with van der Waals surface area (Å²) in [4.78, 5) is 11.9. The number of methoxy groups -OCH3 is 1. The van der Waals surface area contributed by atoms with Crippen LogP contribution in [0.1, 0.15) is 29.5 Å². The lowest BCUT2D eigenvalue weighted by atomic mass is 9.95. The van der Waals surface area contributed by atoms with Gasteiger partial charge in [0, 0.05) is 12.6 Å². The number of benzene rings is 3. The van der Waals surface area contributed by atoms with Crippen LogP contribution in [0.4, 0.5) is 4.79 Å². The van der Waals surface area contributed by atoms with Crippen LogP contribution in [0.15, 0.2) is 60.7 Å². The maximum Gasteiger partial charge on any atom is 0.315 e. The maximum absolute atomic E-state index is 11.9. The van der Waals surface area contributed by atoms with Crippen molar-refractivity contribution in [3.63, 3.8) is 0 Å². The molecule has 0 spiro atoms. The molecule has 0 aliphatic heterocycles. The molecule has 0 radical (unpaired) electrons. The highest BCUT2D eigenvalue weighted by Crippen LogP contribution is 2.27. The molecule has 3 aromatic rings. The van der Waals surface area contributed by atoms with E-state index in [2.05, 4.69) is 59.2 Å². The van der Waals surface area contributed by atoms with Crippen LogP contribution in [-0.4, -0.2) is 25.7 Å². The monoisotopic (exact) mass is 374 g/mol. The van der Waals surface area contributed by atoms with Crippen LogP contribution in [0.2, 0.25) is 0 Å². The van der Waals surface area contributed by atoms with Crippen molar-refractivity contribution in [2.75, 3.05) is 13.7 Å². The van der Waals surface area contributed by atoms with Gasteiger partial charge in [0.25, 0.3) is 0 Å². The molecule has 1 aliphatic carbocycles. The fourth-order valence-electron chi connectivity index (χ4n) is 3.52.